The Morgan fingerprint density at radius 1 is 1.33 bits per heavy atom. The summed E-state index contributed by atoms with van der Waals surface area (Å²) >= 11 is 4.78. The van der Waals surface area contributed by atoms with Gasteiger partial charge in [-0.3, -0.25) is 4.57 Å². The predicted molar refractivity (Wildman–Crippen MR) is 65.3 cm³/mol. The van der Waals surface area contributed by atoms with Gasteiger partial charge >= 0.3 is 7.60 Å². The highest BCUT2D eigenvalue weighted by molar-refractivity contribution is 9.10. The van der Waals surface area contributed by atoms with Gasteiger partial charge in [-0.2, -0.15) is 0 Å². The highest BCUT2D eigenvalue weighted by Crippen LogP contribution is 2.45. The summed E-state index contributed by atoms with van der Waals surface area (Å²) in [5, 5.41) is 1.01. The van der Waals surface area contributed by atoms with Gasteiger partial charge in [-0.15, -0.1) is 11.3 Å². The molecule has 0 saturated heterocycles. The zero-order valence-electron chi connectivity index (χ0n) is 7.55. The lowest BCUT2D eigenvalue weighted by molar-refractivity contribution is 0.372. The number of fused-ring (bicyclic) bond motifs is 1. The highest BCUT2D eigenvalue weighted by atomic mass is 79.9. The highest BCUT2D eigenvalue weighted by Gasteiger charge is 2.19. The molecule has 0 aliphatic rings. The molecule has 0 aliphatic carbocycles. The van der Waals surface area contributed by atoms with Crippen molar-refractivity contribution < 1.29 is 14.4 Å². The zero-order chi connectivity index (χ0) is 11.1. The van der Waals surface area contributed by atoms with Crippen molar-refractivity contribution in [3.8, 4) is 0 Å². The van der Waals surface area contributed by atoms with Crippen LogP contribution in [0.25, 0.3) is 10.1 Å². The molecule has 2 N–H and O–H groups in total. The maximum absolute atomic E-state index is 10.9. The monoisotopic (exact) mass is 306 g/mol. The summed E-state index contributed by atoms with van der Waals surface area (Å²) in [5.74, 6) is 0. The molecule has 0 saturated carbocycles. The fourth-order valence-corrected chi connectivity index (χ4v) is 4.62. The quantitative estimate of drug-likeness (QED) is 0.837. The van der Waals surface area contributed by atoms with E-state index in [9.17, 15) is 4.57 Å². The molecule has 0 spiro atoms. The molecule has 6 heteroatoms. The van der Waals surface area contributed by atoms with Crippen LogP contribution in [0.4, 0.5) is 0 Å². The van der Waals surface area contributed by atoms with Gasteiger partial charge in [0, 0.05) is 19.4 Å². The van der Waals surface area contributed by atoms with Crippen LogP contribution in [0.15, 0.2) is 28.7 Å². The van der Waals surface area contributed by atoms with Crippen LogP contribution >= 0.6 is 34.9 Å². The van der Waals surface area contributed by atoms with Crippen LogP contribution in [0.3, 0.4) is 0 Å². The van der Waals surface area contributed by atoms with Gasteiger partial charge in [0.1, 0.15) is 0 Å². The number of thiophene rings is 1. The van der Waals surface area contributed by atoms with Gasteiger partial charge < -0.3 is 9.79 Å². The van der Waals surface area contributed by atoms with Gasteiger partial charge in [0.2, 0.25) is 0 Å². The van der Waals surface area contributed by atoms with Gasteiger partial charge in [-0.25, -0.2) is 0 Å². The molecule has 0 aliphatic heterocycles. The van der Waals surface area contributed by atoms with E-state index >= 15 is 0 Å². The van der Waals surface area contributed by atoms with E-state index in [4.69, 9.17) is 9.79 Å². The summed E-state index contributed by atoms with van der Waals surface area (Å²) in [7, 11) is -3.99. The van der Waals surface area contributed by atoms with Crippen LogP contribution < -0.4 is 0 Å². The Kier molecular flexibility index (Phi) is 3.01. The standard InChI is InChI=1S/C9H8BrO3PS/c10-9-6-3-1-2-4-7(6)15-8(9)5-14(11,12)13/h1-4H,5H2,(H2,11,12,13). The molecule has 0 bridgehead atoms. The van der Waals surface area contributed by atoms with Crippen molar-refractivity contribution in [2.24, 2.45) is 0 Å². The van der Waals surface area contributed by atoms with E-state index in [1.165, 1.54) is 11.3 Å². The van der Waals surface area contributed by atoms with Crippen LogP contribution in [-0.2, 0) is 10.7 Å². The van der Waals surface area contributed by atoms with Gasteiger partial charge in [-0.05, 0) is 22.0 Å². The van der Waals surface area contributed by atoms with Crippen LogP contribution in [0.2, 0.25) is 0 Å². The third-order valence-corrected chi connectivity index (χ3v) is 5.23. The molecule has 1 aromatic carbocycles. The lowest BCUT2D eigenvalue weighted by Crippen LogP contribution is -1.83. The fourth-order valence-electron chi connectivity index (χ4n) is 1.35. The van der Waals surface area contributed by atoms with Crippen molar-refractivity contribution in [3.63, 3.8) is 0 Å². The molecular weight excluding hydrogens is 299 g/mol. The second-order valence-electron chi connectivity index (χ2n) is 3.16. The minimum atomic E-state index is -3.99. The van der Waals surface area contributed by atoms with Crippen molar-refractivity contribution in [1.82, 2.24) is 0 Å². The SMILES string of the molecule is O=P(O)(O)Cc1sc2ccccc2c1Br. The minimum Gasteiger partial charge on any atom is -0.324 e. The lowest BCUT2D eigenvalue weighted by atomic mass is 10.2. The van der Waals surface area contributed by atoms with Crippen LogP contribution in [0.5, 0.6) is 0 Å². The van der Waals surface area contributed by atoms with Crippen molar-refractivity contribution in [3.05, 3.63) is 33.6 Å². The maximum atomic E-state index is 10.9. The van der Waals surface area contributed by atoms with Crippen LogP contribution in [0, 0.1) is 0 Å². The Morgan fingerprint density at radius 3 is 2.60 bits per heavy atom. The van der Waals surface area contributed by atoms with Crippen LogP contribution in [-0.4, -0.2) is 9.79 Å². The van der Waals surface area contributed by atoms with E-state index < -0.39 is 7.60 Å². The molecule has 2 aromatic rings. The van der Waals surface area contributed by atoms with E-state index in [0.717, 1.165) is 14.6 Å². The smallest absolute Gasteiger partial charge is 0.324 e. The Labute approximate surface area is 99.0 Å². The van der Waals surface area contributed by atoms with Crippen molar-refractivity contribution >= 4 is 44.9 Å². The third-order valence-electron chi connectivity index (χ3n) is 1.95. The average molecular weight is 307 g/mol. The Balaban J connectivity index is 2.54. The minimum absolute atomic E-state index is 0.201. The second-order valence-corrected chi connectivity index (χ2v) is 6.73. The Bertz CT molecular complexity index is 545. The first-order chi connectivity index (χ1) is 6.97. The van der Waals surface area contributed by atoms with Crippen molar-refractivity contribution in [2.75, 3.05) is 0 Å². The maximum Gasteiger partial charge on any atom is 0.330 e. The van der Waals surface area contributed by atoms with Crippen LogP contribution in [0.1, 0.15) is 4.88 Å². The van der Waals surface area contributed by atoms with Gasteiger partial charge in [-0.1, -0.05) is 18.2 Å². The fraction of sp³-hybridized carbons (Fsp3) is 0.111. The first kappa shape index (κ1) is 11.3. The van der Waals surface area contributed by atoms with Gasteiger partial charge in [0.05, 0.1) is 6.16 Å². The summed E-state index contributed by atoms with van der Waals surface area (Å²) in [5.41, 5.74) is 0. The van der Waals surface area contributed by atoms with E-state index in [1.54, 1.807) is 0 Å². The number of benzene rings is 1. The molecule has 0 atom stereocenters. The van der Waals surface area contributed by atoms with E-state index in [1.807, 2.05) is 24.3 Å². The predicted octanol–water partition coefficient (Wildman–Crippen LogP) is 3.34. The molecule has 2 rings (SSSR count). The third kappa shape index (κ3) is 2.49. The first-order valence-electron chi connectivity index (χ1n) is 4.18. The first-order valence-corrected chi connectivity index (χ1v) is 7.58. The number of hydrogen-bond acceptors (Lipinski definition) is 2. The second kappa shape index (κ2) is 4.00. The molecule has 0 unspecified atom stereocenters. The topological polar surface area (TPSA) is 57.5 Å². The molecule has 0 radical (unpaired) electrons. The largest absolute Gasteiger partial charge is 0.330 e. The molecule has 15 heavy (non-hydrogen) atoms. The Morgan fingerprint density at radius 2 is 2.00 bits per heavy atom. The molecule has 0 amide bonds. The lowest BCUT2D eigenvalue weighted by Gasteiger charge is -2.00. The molecule has 1 aromatic heterocycles. The van der Waals surface area contributed by atoms with E-state index in [0.29, 0.717) is 4.88 Å². The average Bonchev–Trinajstić information content (AvgIpc) is 2.42. The number of halogens is 1. The summed E-state index contributed by atoms with van der Waals surface area (Å²) < 4.78 is 12.7. The molecule has 3 nitrogen and oxygen atoms in total. The zero-order valence-corrected chi connectivity index (χ0v) is 10.8. The van der Waals surface area contributed by atoms with E-state index in [-0.39, 0.29) is 6.16 Å². The summed E-state index contributed by atoms with van der Waals surface area (Å²) in [6.45, 7) is 0. The summed E-state index contributed by atoms with van der Waals surface area (Å²) in [4.78, 5) is 18.5. The van der Waals surface area contributed by atoms with Crippen molar-refractivity contribution in [2.45, 2.75) is 6.16 Å². The normalized spacial score (nSPS) is 12.2. The van der Waals surface area contributed by atoms with Gasteiger partial charge in [0.25, 0.3) is 0 Å². The van der Waals surface area contributed by atoms with Crippen molar-refractivity contribution in [1.29, 1.82) is 0 Å². The molecule has 80 valence electrons. The summed E-state index contributed by atoms with van der Waals surface area (Å²) in [6, 6.07) is 7.68. The molecule has 0 fully saturated rings. The Hall–Kier alpha value is -0.190. The van der Waals surface area contributed by atoms with E-state index in [2.05, 4.69) is 15.9 Å². The number of rotatable bonds is 2. The number of hydrogen-bond donors (Lipinski definition) is 2. The molecular formula is C9H8BrO3PS. The summed E-state index contributed by atoms with van der Waals surface area (Å²) in [6.07, 6.45) is -0.201. The van der Waals surface area contributed by atoms with Gasteiger partial charge in [0.15, 0.2) is 0 Å². The molecule has 1 heterocycles.